The van der Waals surface area contributed by atoms with Crippen LogP contribution in [0.4, 0.5) is 5.82 Å². The highest BCUT2D eigenvalue weighted by Crippen LogP contribution is 2.20. The zero-order valence-electron chi connectivity index (χ0n) is 8.82. The van der Waals surface area contributed by atoms with Gasteiger partial charge in [0, 0.05) is 29.8 Å². The molecule has 0 aliphatic heterocycles. The molecule has 0 aliphatic rings. The van der Waals surface area contributed by atoms with Crippen molar-refractivity contribution in [3.8, 4) is 11.4 Å². The zero-order valence-corrected chi connectivity index (χ0v) is 9.64. The van der Waals surface area contributed by atoms with E-state index in [0.717, 1.165) is 29.3 Å². The maximum atomic E-state index is 4.50. The Hall–Kier alpha value is -1.42. The normalized spacial score (nSPS) is 10.3. The van der Waals surface area contributed by atoms with E-state index in [4.69, 9.17) is 0 Å². The first-order chi connectivity index (χ1) is 7.33. The molecular weight excluding hydrogens is 206 g/mol. The molecule has 0 radical (unpaired) electrons. The Labute approximate surface area is 93.2 Å². The Kier molecular flexibility index (Phi) is 2.97. The van der Waals surface area contributed by atoms with E-state index in [0.29, 0.717) is 0 Å². The van der Waals surface area contributed by atoms with Crippen LogP contribution in [0.25, 0.3) is 11.4 Å². The van der Waals surface area contributed by atoms with Crippen LogP contribution in [0, 0.1) is 0 Å². The van der Waals surface area contributed by atoms with Crippen molar-refractivity contribution in [1.29, 1.82) is 0 Å². The number of nitrogens with one attached hydrogen (secondary N) is 1. The summed E-state index contributed by atoms with van der Waals surface area (Å²) in [5.41, 5.74) is 2.15. The van der Waals surface area contributed by atoms with Crippen LogP contribution in [0.5, 0.6) is 0 Å². The summed E-state index contributed by atoms with van der Waals surface area (Å²) < 4.78 is 0. The van der Waals surface area contributed by atoms with Gasteiger partial charge in [0.2, 0.25) is 0 Å². The van der Waals surface area contributed by atoms with Gasteiger partial charge in [0.15, 0.2) is 5.82 Å². The Morgan fingerprint density at radius 1 is 1.40 bits per heavy atom. The largest absolute Gasteiger partial charge is 0.373 e. The second-order valence-electron chi connectivity index (χ2n) is 3.18. The molecule has 2 rings (SSSR count). The Bertz CT molecular complexity index is 415. The van der Waals surface area contributed by atoms with Crippen molar-refractivity contribution in [2.24, 2.45) is 0 Å². The van der Waals surface area contributed by atoms with E-state index in [2.05, 4.69) is 27.6 Å². The molecule has 2 aromatic rings. The topological polar surface area (TPSA) is 37.8 Å². The molecule has 0 aliphatic carbocycles. The molecule has 0 fully saturated rings. The van der Waals surface area contributed by atoms with Crippen molar-refractivity contribution in [3.63, 3.8) is 0 Å². The van der Waals surface area contributed by atoms with Crippen LogP contribution in [0.15, 0.2) is 22.9 Å². The Balaban J connectivity index is 2.47. The fourth-order valence-electron chi connectivity index (χ4n) is 1.33. The Morgan fingerprint density at radius 2 is 2.27 bits per heavy atom. The van der Waals surface area contributed by atoms with Gasteiger partial charge in [-0.1, -0.05) is 6.92 Å². The van der Waals surface area contributed by atoms with Gasteiger partial charge in [0.05, 0.1) is 0 Å². The summed E-state index contributed by atoms with van der Waals surface area (Å²) in [6.07, 6.45) is 0.925. The van der Waals surface area contributed by atoms with Crippen molar-refractivity contribution in [1.82, 2.24) is 9.97 Å². The first-order valence-corrected chi connectivity index (χ1v) is 5.86. The lowest BCUT2D eigenvalue weighted by molar-refractivity contribution is 1.01. The predicted molar refractivity (Wildman–Crippen MR) is 64.3 cm³/mol. The first kappa shape index (κ1) is 10.1. The molecule has 1 N–H and O–H groups in total. The molecule has 0 aromatic carbocycles. The number of anilines is 1. The molecule has 2 aromatic heterocycles. The summed E-state index contributed by atoms with van der Waals surface area (Å²) in [6.45, 7) is 2.10. The lowest BCUT2D eigenvalue weighted by Crippen LogP contribution is -1.99. The summed E-state index contributed by atoms with van der Waals surface area (Å²) >= 11 is 1.66. The second-order valence-corrected chi connectivity index (χ2v) is 3.96. The third kappa shape index (κ3) is 2.15. The molecule has 3 nitrogen and oxygen atoms in total. The Morgan fingerprint density at radius 3 is 2.87 bits per heavy atom. The second kappa shape index (κ2) is 4.40. The smallest absolute Gasteiger partial charge is 0.162 e. The summed E-state index contributed by atoms with van der Waals surface area (Å²) in [5, 5.41) is 7.16. The number of aromatic nitrogens is 2. The minimum atomic E-state index is 0.806. The van der Waals surface area contributed by atoms with Crippen LogP contribution in [0.1, 0.15) is 12.6 Å². The molecule has 15 heavy (non-hydrogen) atoms. The van der Waals surface area contributed by atoms with Crippen LogP contribution < -0.4 is 5.32 Å². The quantitative estimate of drug-likeness (QED) is 0.862. The molecular formula is C11H13N3S. The van der Waals surface area contributed by atoms with Gasteiger partial charge in [-0.2, -0.15) is 11.3 Å². The molecule has 0 spiro atoms. The minimum absolute atomic E-state index is 0.806. The maximum Gasteiger partial charge on any atom is 0.162 e. The molecule has 4 heteroatoms. The molecule has 78 valence electrons. The molecule has 0 saturated carbocycles. The van der Waals surface area contributed by atoms with Crippen molar-refractivity contribution < 1.29 is 0 Å². The first-order valence-electron chi connectivity index (χ1n) is 4.91. The molecule has 0 atom stereocenters. The van der Waals surface area contributed by atoms with E-state index < -0.39 is 0 Å². The van der Waals surface area contributed by atoms with E-state index in [1.807, 2.05) is 24.6 Å². The number of aryl methyl sites for hydroxylation is 1. The van der Waals surface area contributed by atoms with Gasteiger partial charge in [0.25, 0.3) is 0 Å². The summed E-state index contributed by atoms with van der Waals surface area (Å²) in [7, 11) is 1.87. The highest BCUT2D eigenvalue weighted by molar-refractivity contribution is 7.08. The van der Waals surface area contributed by atoms with Crippen molar-refractivity contribution >= 4 is 17.2 Å². The van der Waals surface area contributed by atoms with Gasteiger partial charge in [-0.15, -0.1) is 0 Å². The van der Waals surface area contributed by atoms with Crippen molar-refractivity contribution in [2.75, 3.05) is 12.4 Å². The van der Waals surface area contributed by atoms with Gasteiger partial charge >= 0.3 is 0 Å². The number of hydrogen-bond acceptors (Lipinski definition) is 4. The molecule has 0 bridgehead atoms. The average molecular weight is 219 g/mol. The van der Waals surface area contributed by atoms with Gasteiger partial charge in [0.1, 0.15) is 5.82 Å². The summed E-state index contributed by atoms with van der Waals surface area (Å²) in [4.78, 5) is 8.92. The zero-order chi connectivity index (χ0) is 10.7. The monoisotopic (exact) mass is 219 g/mol. The highest BCUT2D eigenvalue weighted by Gasteiger charge is 2.05. The van der Waals surface area contributed by atoms with E-state index in [-0.39, 0.29) is 0 Å². The fourth-order valence-corrected chi connectivity index (χ4v) is 1.96. The van der Waals surface area contributed by atoms with Crippen molar-refractivity contribution in [2.45, 2.75) is 13.3 Å². The van der Waals surface area contributed by atoms with Crippen molar-refractivity contribution in [3.05, 3.63) is 28.6 Å². The third-order valence-electron chi connectivity index (χ3n) is 2.18. The lowest BCUT2D eigenvalue weighted by atomic mass is 10.2. The minimum Gasteiger partial charge on any atom is -0.373 e. The molecule has 0 saturated heterocycles. The average Bonchev–Trinajstić information content (AvgIpc) is 2.81. The van der Waals surface area contributed by atoms with Crippen LogP contribution in [0.3, 0.4) is 0 Å². The maximum absolute atomic E-state index is 4.50. The van der Waals surface area contributed by atoms with Crippen LogP contribution in [-0.2, 0) is 6.42 Å². The standard InChI is InChI=1S/C11H13N3S/c1-3-9-6-10(12-2)14-11(13-9)8-4-5-15-7-8/h4-7H,3H2,1-2H3,(H,12,13,14). The molecule has 0 unspecified atom stereocenters. The van der Waals surface area contributed by atoms with Gasteiger partial charge in [-0.25, -0.2) is 9.97 Å². The van der Waals surface area contributed by atoms with Crippen LogP contribution >= 0.6 is 11.3 Å². The van der Waals surface area contributed by atoms with Crippen LogP contribution in [0.2, 0.25) is 0 Å². The van der Waals surface area contributed by atoms with E-state index in [1.54, 1.807) is 11.3 Å². The summed E-state index contributed by atoms with van der Waals surface area (Å²) in [5.74, 6) is 1.68. The van der Waals surface area contributed by atoms with Gasteiger partial charge < -0.3 is 5.32 Å². The molecule has 0 amide bonds. The predicted octanol–water partition coefficient (Wildman–Crippen LogP) is 2.81. The SMILES string of the molecule is CCc1cc(NC)nc(-c2ccsc2)n1. The van der Waals surface area contributed by atoms with Crippen LogP contribution in [-0.4, -0.2) is 17.0 Å². The van der Waals surface area contributed by atoms with Gasteiger partial charge in [-0.3, -0.25) is 0 Å². The molecule has 2 heterocycles. The third-order valence-corrected chi connectivity index (χ3v) is 2.86. The van der Waals surface area contributed by atoms with E-state index in [9.17, 15) is 0 Å². The fraction of sp³-hybridized carbons (Fsp3) is 0.273. The van der Waals surface area contributed by atoms with E-state index >= 15 is 0 Å². The number of thiophene rings is 1. The highest BCUT2D eigenvalue weighted by atomic mass is 32.1. The summed E-state index contributed by atoms with van der Waals surface area (Å²) in [6, 6.07) is 4.02. The number of hydrogen-bond donors (Lipinski definition) is 1. The lowest BCUT2D eigenvalue weighted by Gasteiger charge is -2.05. The van der Waals surface area contributed by atoms with E-state index in [1.165, 1.54) is 0 Å². The van der Waals surface area contributed by atoms with Gasteiger partial charge in [-0.05, 0) is 17.9 Å². The number of rotatable bonds is 3. The number of nitrogens with zero attached hydrogens (tertiary/aromatic N) is 2.